The van der Waals surface area contributed by atoms with Crippen LogP contribution in [0.3, 0.4) is 0 Å². The molecule has 0 bridgehead atoms. The van der Waals surface area contributed by atoms with Crippen molar-refractivity contribution in [3.63, 3.8) is 0 Å². The van der Waals surface area contributed by atoms with Crippen molar-refractivity contribution in [3.05, 3.63) is 95.5 Å². The number of thioether (sulfide) groups is 1. The van der Waals surface area contributed by atoms with Crippen molar-refractivity contribution in [1.82, 2.24) is 20.1 Å². The molecule has 7 heteroatoms. The van der Waals surface area contributed by atoms with Crippen LogP contribution in [0.2, 0.25) is 5.02 Å². The molecule has 1 aromatic heterocycles. The van der Waals surface area contributed by atoms with E-state index >= 15 is 0 Å². The largest absolute Gasteiger partial charge is 0.352 e. The van der Waals surface area contributed by atoms with Crippen LogP contribution in [-0.2, 0) is 4.79 Å². The summed E-state index contributed by atoms with van der Waals surface area (Å²) >= 11 is 7.50. The predicted octanol–water partition coefficient (Wildman–Crippen LogP) is 5.70. The van der Waals surface area contributed by atoms with Crippen LogP contribution < -0.4 is 5.32 Å². The van der Waals surface area contributed by atoms with Crippen LogP contribution in [0.25, 0.3) is 17.1 Å². The zero-order valence-corrected chi connectivity index (χ0v) is 18.8. The van der Waals surface area contributed by atoms with Crippen molar-refractivity contribution in [1.29, 1.82) is 0 Å². The molecule has 1 amide bonds. The fraction of sp³-hybridized carbons (Fsp3) is 0.160. The number of hydrogen-bond donors (Lipinski definition) is 1. The number of halogens is 1. The number of amides is 1. The summed E-state index contributed by atoms with van der Waals surface area (Å²) in [5, 5.41) is 13.0. The molecule has 0 radical (unpaired) electrons. The number of nitrogens with one attached hydrogen (secondary N) is 1. The molecule has 3 aromatic carbocycles. The van der Waals surface area contributed by atoms with E-state index in [1.807, 2.05) is 89.5 Å². The lowest BCUT2D eigenvalue weighted by Crippen LogP contribution is -2.29. The minimum Gasteiger partial charge on any atom is -0.352 e. The van der Waals surface area contributed by atoms with Crippen LogP contribution in [0, 0.1) is 0 Å². The molecule has 32 heavy (non-hydrogen) atoms. The van der Waals surface area contributed by atoms with E-state index in [0.29, 0.717) is 16.0 Å². The second-order valence-corrected chi connectivity index (χ2v) is 9.18. The Hall–Kier alpha value is -3.09. The Kier molecular flexibility index (Phi) is 5.97. The summed E-state index contributed by atoms with van der Waals surface area (Å²) in [7, 11) is 0. The molecular formula is C25H21ClN4OS. The van der Waals surface area contributed by atoms with Gasteiger partial charge in [0.15, 0.2) is 11.0 Å². The highest BCUT2D eigenvalue weighted by atomic mass is 35.5. The SMILES string of the molecule is O=C(NC1CC1)C(Sc1nnc(-c2ccc(Cl)cc2)n1-c1ccccc1)c1ccccc1. The second kappa shape index (κ2) is 9.18. The van der Waals surface area contributed by atoms with Gasteiger partial charge in [0, 0.05) is 22.3 Å². The number of nitrogens with zero attached hydrogens (tertiary/aromatic N) is 3. The molecule has 0 saturated heterocycles. The fourth-order valence-electron chi connectivity index (χ4n) is 3.45. The molecule has 5 nitrogen and oxygen atoms in total. The molecule has 5 rings (SSSR count). The summed E-state index contributed by atoms with van der Waals surface area (Å²) in [4.78, 5) is 13.2. The third-order valence-electron chi connectivity index (χ3n) is 5.24. The van der Waals surface area contributed by atoms with Gasteiger partial charge in [-0.3, -0.25) is 9.36 Å². The molecule has 4 aromatic rings. The first-order valence-electron chi connectivity index (χ1n) is 10.5. The van der Waals surface area contributed by atoms with Crippen molar-refractivity contribution in [3.8, 4) is 17.1 Å². The average Bonchev–Trinajstić information content (AvgIpc) is 3.55. The number of benzene rings is 3. The van der Waals surface area contributed by atoms with E-state index in [-0.39, 0.29) is 11.9 Å². The van der Waals surface area contributed by atoms with Crippen LogP contribution in [0.4, 0.5) is 0 Å². The molecule has 160 valence electrons. The maximum absolute atomic E-state index is 13.2. The minimum absolute atomic E-state index is 0.000598. The molecule has 0 spiro atoms. The topological polar surface area (TPSA) is 59.8 Å². The number of carbonyl (C=O) groups excluding carboxylic acids is 1. The second-order valence-electron chi connectivity index (χ2n) is 7.68. The molecule has 1 saturated carbocycles. The van der Waals surface area contributed by atoms with Crippen LogP contribution in [0.5, 0.6) is 0 Å². The van der Waals surface area contributed by atoms with Gasteiger partial charge in [-0.15, -0.1) is 10.2 Å². The van der Waals surface area contributed by atoms with Gasteiger partial charge in [-0.25, -0.2) is 0 Å². The van der Waals surface area contributed by atoms with Gasteiger partial charge >= 0.3 is 0 Å². The Bertz CT molecular complexity index is 1210. The minimum atomic E-state index is -0.429. The molecule has 1 aliphatic carbocycles. The lowest BCUT2D eigenvalue weighted by Gasteiger charge is -2.17. The fourth-order valence-corrected chi connectivity index (χ4v) is 4.64. The quantitative estimate of drug-likeness (QED) is 0.359. The maximum atomic E-state index is 13.2. The first-order chi connectivity index (χ1) is 15.7. The van der Waals surface area contributed by atoms with Gasteiger partial charge in [0.2, 0.25) is 5.91 Å². The monoisotopic (exact) mass is 460 g/mol. The van der Waals surface area contributed by atoms with Crippen molar-refractivity contribution in [2.24, 2.45) is 0 Å². The summed E-state index contributed by atoms with van der Waals surface area (Å²) in [5.41, 5.74) is 2.77. The molecule has 1 atom stereocenters. The lowest BCUT2D eigenvalue weighted by molar-refractivity contribution is -0.120. The third-order valence-corrected chi connectivity index (χ3v) is 6.69. The van der Waals surface area contributed by atoms with Crippen molar-refractivity contribution in [2.45, 2.75) is 29.3 Å². The molecule has 1 fully saturated rings. The number of carbonyl (C=O) groups is 1. The number of aromatic nitrogens is 3. The smallest absolute Gasteiger partial charge is 0.238 e. The molecule has 0 aliphatic heterocycles. The van der Waals surface area contributed by atoms with E-state index in [1.165, 1.54) is 11.8 Å². The van der Waals surface area contributed by atoms with Crippen molar-refractivity contribution in [2.75, 3.05) is 0 Å². The van der Waals surface area contributed by atoms with Crippen molar-refractivity contribution < 1.29 is 4.79 Å². The number of rotatable bonds is 7. The van der Waals surface area contributed by atoms with Gasteiger partial charge in [-0.2, -0.15) is 0 Å². The molecule has 1 heterocycles. The van der Waals surface area contributed by atoms with Crippen LogP contribution in [-0.4, -0.2) is 26.7 Å². The zero-order valence-electron chi connectivity index (χ0n) is 17.2. The first kappa shape index (κ1) is 20.8. The summed E-state index contributed by atoms with van der Waals surface area (Å²) in [6, 6.07) is 27.6. The summed E-state index contributed by atoms with van der Waals surface area (Å²) in [5.74, 6) is 0.698. The number of hydrogen-bond acceptors (Lipinski definition) is 4. The zero-order chi connectivity index (χ0) is 21.9. The highest BCUT2D eigenvalue weighted by molar-refractivity contribution is 8.00. The van der Waals surface area contributed by atoms with E-state index in [9.17, 15) is 4.79 Å². The van der Waals surface area contributed by atoms with Crippen LogP contribution in [0.1, 0.15) is 23.7 Å². The van der Waals surface area contributed by atoms with Gasteiger partial charge in [-0.05, 0) is 54.8 Å². The summed E-state index contributed by atoms with van der Waals surface area (Å²) in [6.07, 6.45) is 2.08. The summed E-state index contributed by atoms with van der Waals surface area (Å²) < 4.78 is 1.99. The van der Waals surface area contributed by atoms with Gasteiger partial charge in [-0.1, -0.05) is 71.9 Å². The number of para-hydroxylation sites is 1. The third kappa shape index (κ3) is 4.56. The lowest BCUT2D eigenvalue weighted by atomic mass is 10.1. The highest BCUT2D eigenvalue weighted by Gasteiger charge is 2.31. The summed E-state index contributed by atoms with van der Waals surface area (Å²) in [6.45, 7) is 0. The van der Waals surface area contributed by atoms with E-state index in [2.05, 4.69) is 15.5 Å². The Balaban J connectivity index is 1.57. The molecule has 1 aliphatic rings. The average molecular weight is 461 g/mol. The molecule has 1 unspecified atom stereocenters. The standard InChI is InChI=1S/C25H21ClN4OS/c26-19-13-11-18(12-14-19)23-28-29-25(30(23)21-9-5-2-6-10-21)32-22(17-7-3-1-4-8-17)24(31)27-20-15-16-20/h1-14,20,22H,15-16H2,(H,27,31). The maximum Gasteiger partial charge on any atom is 0.238 e. The van der Waals surface area contributed by atoms with Gasteiger partial charge in [0.1, 0.15) is 5.25 Å². The predicted molar refractivity (Wildman–Crippen MR) is 128 cm³/mol. The Morgan fingerprint density at radius 1 is 0.938 bits per heavy atom. The van der Waals surface area contributed by atoms with Gasteiger partial charge in [0.25, 0.3) is 0 Å². The van der Waals surface area contributed by atoms with Gasteiger partial charge < -0.3 is 5.32 Å². The van der Waals surface area contributed by atoms with Crippen molar-refractivity contribution >= 4 is 29.3 Å². The van der Waals surface area contributed by atoms with E-state index in [4.69, 9.17) is 11.6 Å². The normalized spacial score (nSPS) is 14.2. The van der Waals surface area contributed by atoms with E-state index in [1.54, 1.807) is 0 Å². The Labute approximate surface area is 195 Å². The highest BCUT2D eigenvalue weighted by Crippen LogP contribution is 2.38. The van der Waals surface area contributed by atoms with Crippen LogP contribution in [0.15, 0.2) is 90.1 Å². The van der Waals surface area contributed by atoms with Gasteiger partial charge in [0.05, 0.1) is 0 Å². The molecular weight excluding hydrogens is 440 g/mol. The van der Waals surface area contributed by atoms with E-state index in [0.717, 1.165) is 29.7 Å². The molecule has 1 N–H and O–H groups in total. The van der Waals surface area contributed by atoms with Crippen LogP contribution >= 0.6 is 23.4 Å². The first-order valence-corrected chi connectivity index (χ1v) is 11.7. The Morgan fingerprint density at radius 3 is 2.25 bits per heavy atom. The van der Waals surface area contributed by atoms with E-state index < -0.39 is 5.25 Å². The Morgan fingerprint density at radius 2 is 1.59 bits per heavy atom.